The van der Waals surface area contributed by atoms with Gasteiger partial charge in [-0.05, 0) is 6.42 Å². The molecule has 2 aromatic rings. The van der Waals surface area contributed by atoms with E-state index in [-0.39, 0.29) is 5.95 Å². The summed E-state index contributed by atoms with van der Waals surface area (Å²) in [6, 6.07) is 1.70. The molecule has 0 atom stereocenters. The fraction of sp³-hybridized carbons (Fsp3) is 0.400. The fourth-order valence-electron chi connectivity index (χ4n) is 1.46. The number of aromatic nitrogens is 5. The lowest BCUT2D eigenvalue weighted by atomic mass is 10.3. The van der Waals surface area contributed by atoms with Gasteiger partial charge in [-0.3, -0.25) is 5.10 Å². The summed E-state index contributed by atoms with van der Waals surface area (Å²) in [4.78, 5) is 12.0. The zero-order chi connectivity index (χ0) is 12.8. The van der Waals surface area contributed by atoms with Crippen LogP contribution in [0.5, 0.6) is 5.88 Å². The number of hydrogen-bond acceptors (Lipinski definition) is 7. The van der Waals surface area contributed by atoms with E-state index >= 15 is 0 Å². The van der Waals surface area contributed by atoms with Crippen LogP contribution in [0.1, 0.15) is 12.2 Å². The highest BCUT2D eigenvalue weighted by molar-refractivity contribution is 5.42. The van der Waals surface area contributed by atoms with Crippen molar-refractivity contribution in [3.8, 4) is 5.88 Å². The second kappa shape index (κ2) is 5.80. The van der Waals surface area contributed by atoms with Crippen LogP contribution >= 0.6 is 0 Å². The molecule has 96 valence electrons. The summed E-state index contributed by atoms with van der Waals surface area (Å²) in [6.07, 6.45) is 3.23. The highest BCUT2D eigenvalue weighted by atomic mass is 16.5. The predicted octanol–water partition coefficient (Wildman–Crippen LogP) is 0.230. The van der Waals surface area contributed by atoms with Gasteiger partial charge in [-0.1, -0.05) is 0 Å². The van der Waals surface area contributed by atoms with Crippen LogP contribution in [0, 0.1) is 0 Å². The number of nitrogens with one attached hydrogen (secondary N) is 2. The summed E-state index contributed by atoms with van der Waals surface area (Å²) in [5, 5.41) is 9.74. The van der Waals surface area contributed by atoms with E-state index in [1.165, 1.54) is 13.4 Å². The Bertz CT molecular complexity index is 485. The molecule has 2 aromatic heterocycles. The van der Waals surface area contributed by atoms with Crippen LogP contribution in [-0.2, 0) is 6.42 Å². The standard InChI is InChI=1S/C10H15N7O/c1-18-9-5-8(15-10(11)16-9)12-4-2-3-7-13-6-14-17-7/h5-6H,2-4H2,1H3,(H,13,14,17)(H3,11,12,15,16). The molecule has 0 spiro atoms. The number of nitrogens with zero attached hydrogens (tertiary/aromatic N) is 4. The average Bonchev–Trinajstić information content (AvgIpc) is 2.87. The van der Waals surface area contributed by atoms with Crippen molar-refractivity contribution in [2.45, 2.75) is 12.8 Å². The van der Waals surface area contributed by atoms with E-state index in [0.29, 0.717) is 11.7 Å². The zero-order valence-corrected chi connectivity index (χ0v) is 10.1. The molecule has 8 heteroatoms. The van der Waals surface area contributed by atoms with Crippen LogP contribution in [0.3, 0.4) is 0 Å². The van der Waals surface area contributed by atoms with E-state index in [2.05, 4.69) is 30.5 Å². The monoisotopic (exact) mass is 249 g/mol. The Morgan fingerprint density at radius 2 is 2.33 bits per heavy atom. The van der Waals surface area contributed by atoms with Crippen molar-refractivity contribution in [3.63, 3.8) is 0 Å². The number of rotatable bonds is 6. The highest BCUT2D eigenvalue weighted by Gasteiger charge is 2.02. The molecule has 0 saturated heterocycles. The molecule has 0 amide bonds. The summed E-state index contributed by atoms with van der Waals surface area (Å²) < 4.78 is 5.01. The molecule has 2 rings (SSSR count). The van der Waals surface area contributed by atoms with Gasteiger partial charge in [0.1, 0.15) is 18.0 Å². The van der Waals surface area contributed by atoms with E-state index < -0.39 is 0 Å². The van der Waals surface area contributed by atoms with Crippen molar-refractivity contribution in [1.82, 2.24) is 25.1 Å². The number of H-pyrrole nitrogens is 1. The molecular weight excluding hydrogens is 234 g/mol. The van der Waals surface area contributed by atoms with Crippen LogP contribution in [0.25, 0.3) is 0 Å². The smallest absolute Gasteiger partial charge is 0.225 e. The van der Waals surface area contributed by atoms with Gasteiger partial charge >= 0.3 is 0 Å². The molecule has 0 fully saturated rings. The second-order valence-electron chi connectivity index (χ2n) is 3.62. The lowest BCUT2D eigenvalue weighted by Gasteiger charge is -2.07. The van der Waals surface area contributed by atoms with E-state index in [4.69, 9.17) is 10.5 Å². The topological polar surface area (TPSA) is 115 Å². The van der Waals surface area contributed by atoms with Gasteiger partial charge < -0.3 is 15.8 Å². The number of hydrogen-bond donors (Lipinski definition) is 3. The normalized spacial score (nSPS) is 10.3. The van der Waals surface area contributed by atoms with Crippen LogP contribution < -0.4 is 15.8 Å². The van der Waals surface area contributed by atoms with Gasteiger partial charge in [0.25, 0.3) is 0 Å². The Kier molecular flexibility index (Phi) is 3.90. The van der Waals surface area contributed by atoms with Gasteiger partial charge in [0, 0.05) is 19.0 Å². The maximum absolute atomic E-state index is 5.55. The molecule has 0 aromatic carbocycles. The van der Waals surface area contributed by atoms with Gasteiger partial charge in [0.05, 0.1) is 7.11 Å². The molecule has 0 aliphatic rings. The number of ether oxygens (including phenoxy) is 1. The molecule has 0 aliphatic heterocycles. The van der Waals surface area contributed by atoms with Gasteiger partial charge in [0.15, 0.2) is 0 Å². The first-order valence-corrected chi connectivity index (χ1v) is 5.54. The fourth-order valence-corrected chi connectivity index (χ4v) is 1.46. The van der Waals surface area contributed by atoms with Gasteiger partial charge in [-0.15, -0.1) is 0 Å². The van der Waals surface area contributed by atoms with Gasteiger partial charge in [0.2, 0.25) is 11.8 Å². The van der Waals surface area contributed by atoms with E-state index in [1.54, 1.807) is 6.07 Å². The van der Waals surface area contributed by atoms with Crippen LogP contribution in [0.2, 0.25) is 0 Å². The number of methoxy groups -OCH3 is 1. The quantitative estimate of drug-likeness (QED) is 0.628. The van der Waals surface area contributed by atoms with Crippen molar-refractivity contribution in [1.29, 1.82) is 0 Å². The minimum Gasteiger partial charge on any atom is -0.481 e. The third-order valence-corrected chi connectivity index (χ3v) is 2.29. The number of anilines is 2. The van der Waals surface area contributed by atoms with Crippen LogP contribution in [-0.4, -0.2) is 38.8 Å². The molecule has 8 nitrogen and oxygen atoms in total. The Hall–Kier alpha value is -2.38. The molecule has 0 saturated carbocycles. The summed E-state index contributed by atoms with van der Waals surface area (Å²) in [5.74, 6) is 2.15. The number of nitrogen functional groups attached to an aromatic ring is 1. The zero-order valence-electron chi connectivity index (χ0n) is 10.1. The first-order valence-electron chi connectivity index (χ1n) is 5.54. The third kappa shape index (κ3) is 3.30. The molecule has 2 heterocycles. The summed E-state index contributed by atoms with van der Waals surface area (Å²) >= 11 is 0. The Morgan fingerprint density at radius 1 is 1.44 bits per heavy atom. The predicted molar refractivity (Wildman–Crippen MR) is 66.2 cm³/mol. The number of aromatic amines is 1. The van der Waals surface area contributed by atoms with Crippen LogP contribution in [0.15, 0.2) is 12.4 Å². The minimum absolute atomic E-state index is 0.187. The molecule has 0 radical (unpaired) electrons. The van der Waals surface area contributed by atoms with E-state index in [9.17, 15) is 0 Å². The molecule has 18 heavy (non-hydrogen) atoms. The summed E-state index contributed by atoms with van der Waals surface area (Å²) in [7, 11) is 1.54. The first-order chi connectivity index (χ1) is 8.78. The number of aryl methyl sites for hydroxylation is 1. The summed E-state index contributed by atoms with van der Waals surface area (Å²) in [5.41, 5.74) is 5.55. The number of nitrogens with two attached hydrogens (primary N) is 1. The molecule has 0 unspecified atom stereocenters. The molecule has 0 aliphatic carbocycles. The third-order valence-electron chi connectivity index (χ3n) is 2.29. The lowest BCUT2D eigenvalue weighted by Crippen LogP contribution is -2.07. The Morgan fingerprint density at radius 3 is 3.06 bits per heavy atom. The Balaban J connectivity index is 1.81. The van der Waals surface area contributed by atoms with Gasteiger partial charge in [-0.25, -0.2) is 4.98 Å². The molecular formula is C10H15N7O. The molecule has 0 bridgehead atoms. The van der Waals surface area contributed by atoms with Crippen molar-refractivity contribution in [3.05, 3.63) is 18.2 Å². The summed E-state index contributed by atoms with van der Waals surface area (Å²) in [6.45, 7) is 0.750. The second-order valence-corrected chi connectivity index (χ2v) is 3.62. The average molecular weight is 249 g/mol. The van der Waals surface area contributed by atoms with Crippen molar-refractivity contribution < 1.29 is 4.74 Å². The highest BCUT2D eigenvalue weighted by Crippen LogP contribution is 2.13. The minimum atomic E-state index is 0.187. The van der Waals surface area contributed by atoms with Crippen molar-refractivity contribution in [2.24, 2.45) is 0 Å². The first kappa shape index (κ1) is 12.1. The maximum Gasteiger partial charge on any atom is 0.225 e. The van der Waals surface area contributed by atoms with Crippen LogP contribution in [0.4, 0.5) is 11.8 Å². The SMILES string of the molecule is COc1cc(NCCCc2ncn[nH]2)nc(N)n1. The maximum atomic E-state index is 5.55. The largest absolute Gasteiger partial charge is 0.481 e. The van der Waals surface area contributed by atoms with Gasteiger partial charge in [-0.2, -0.15) is 15.1 Å². The van der Waals surface area contributed by atoms with E-state index in [0.717, 1.165) is 25.2 Å². The van der Waals surface area contributed by atoms with Crippen molar-refractivity contribution in [2.75, 3.05) is 24.7 Å². The lowest BCUT2D eigenvalue weighted by molar-refractivity contribution is 0.398. The Labute approximate surface area is 104 Å². The van der Waals surface area contributed by atoms with Crippen molar-refractivity contribution >= 4 is 11.8 Å². The van der Waals surface area contributed by atoms with E-state index in [1.807, 2.05) is 0 Å². The molecule has 4 N–H and O–H groups in total.